The zero-order valence-corrected chi connectivity index (χ0v) is 11.7. The maximum atomic E-state index is 5.89. The van der Waals surface area contributed by atoms with Crippen LogP contribution in [0.2, 0.25) is 0 Å². The maximum absolute atomic E-state index is 5.89. The summed E-state index contributed by atoms with van der Waals surface area (Å²) in [4.78, 5) is 4.69. The van der Waals surface area contributed by atoms with Crippen LogP contribution in [0.15, 0.2) is 30.3 Å². The molecule has 98 valence electrons. The Kier molecular flexibility index (Phi) is 3.03. The molecular formula is C14H15ClN4. The Morgan fingerprint density at radius 1 is 1.21 bits per heavy atom. The summed E-state index contributed by atoms with van der Waals surface area (Å²) >= 11 is 5.89. The Morgan fingerprint density at radius 2 is 1.95 bits per heavy atom. The second-order valence-electron chi connectivity index (χ2n) is 4.52. The summed E-state index contributed by atoms with van der Waals surface area (Å²) in [6.07, 6.45) is 0.741. The Bertz CT molecular complexity index is 712. The van der Waals surface area contributed by atoms with Gasteiger partial charge in [0, 0.05) is 25.0 Å². The molecule has 0 bridgehead atoms. The third kappa shape index (κ3) is 1.92. The average molecular weight is 275 g/mol. The number of rotatable bonds is 3. The van der Waals surface area contributed by atoms with Crippen LogP contribution in [0.4, 0.5) is 0 Å². The minimum atomic E-state index is 0.558. The first-order valence-electron chi connectivity index (χ1n) is 6.24. The molecule has 0 saturated carbocycles. The number of benzene rings is 1. The molecule has 3 aromatic rings. The van der Waals surface area contributed by atoms with Crippen molar-refractivity contribution in [3.05, 3.63) is 41.9 Å². The van der Waals surface area contributed by atoms with E-state index in [0.717, 1.165) is 34.8 Å². The summed E-state index contributed by atoms with van der Waals surface area (Å²) < 4.78 is 4.01. The summed E-state index contributed by atoms with van der Waals surface area (Å²) in [5.74, 6) is 1.54. The number of hydrogen-bond acceptors (Lipinski definition) is 2. The number of aryl methyl sites for hydroxylation is 3. The Morgan fingerprint density at radius 3 is 2.63 bits per heavy atom. The van der Waals surface area contributed by atoms with Gasteiger partial charge in [-0.2, -0.15) is 5.10 Å². The molecule has 2 heterocycles. The highest BCUT2D eigenvalue weighted by Crippen LogP contribution is 2.23. The van der Waals surface area contributed by atoms with Crippen molar-refractivity contribution in [2.45, 2.75) is 13.3 Å². The second-order valence-corrected chi connectivity index (χ2v) is 4.90. The highest BCUT2D eigenvalue weighted by Gasteiger charge is 2.17. The van der Waals surface area contributed by atoms with Gasteiger partial charge in [-0.3, -0.25) is 4.57 Å². The summed E-state index contributed by atoms with van der Waals surface area (Å²) in [6, 6.07) is 10.2. The van der Waals surface area contributed by atoms with Gasteiger partial charge in [-0.15, -0.1) is 11.6 Å². The lowest BCUT2D eigenvalue weighted by Gasteiger charge is -2.08. The van der Waals surface area contributed by atoms with E-state index in [4.69, 9.17) is 16.6 Å². The summed E-state index contributed by atoms with van der Waals surface area (Å²) in [5.41, 5.74) is 4.01. The predicted octanol–water partition coefficient (Wildman–Crippen LogP) is 2.85. The molecule has 0 radical (unpaired) electrons. The smallest absolute Gasteiger partial charge is 0.163 e. The van der Waals surface area contributed by atoms with Crippen molar-refractivity contribution < 1.29 is 0 Å². The molecule has 0 spiro atoms. The number of hydrogen-bond donors (Lipinski definition) is 0. The average Bonchev–Trinajstić information content (AvgIpc) is 2.91. The second kappa shape index (κ2) is 4.70. The maximum Gasteiger partial charge on any atom is 0.163 e. The van der Waals surface area contributed by atoms with Gasteiger partial charge in [0.05, 0.1) is 5.69 Å². The summed E-state index contributed by atoms with van der Waals surface area (Å²) in [7, 11) is 1.95. The third-order valence-corrected chi connectivity index (χ3v) is 3.39. The van der Waals surface area contributed by atoms with Gasteiger partial charge in [0.15, 0.2) is 5.65 Å². The Labute approximate surface area is 116 Å². The van der Waals surface area contributed by atoms with Crippen molar-refractivity contribution in [1.29, 1.82) is 0 Å². The number of imidazole rings is 1. The number of aromatic nitrogens is 4. The van der Waals surface area contributed by atoms with Gasteiger partial charge in [0.1, 0.15) is 11.3 Å². The highest BCUT2D eigenvalue weighted by molar-refractivity contribution is 6.17. The van der Waals surface area contributed by atoms with Crippen molar-refractivity contribution in [3.63, 3.8) is 0 Å². The number of fused-ring (bicyclic) bond motifs is 1. The molecule has 1 aromatic carbocycles. The SMILES string of the molecule is Cc1nn(C)c2c1nc(CCCl)n2-c1ccccc1. The van der Waals surface area contributed by atoms with E-state index in [1.54, 1.807) is 0 Å². The van der Waals surface area contributed by atoms with E-state index in [-0.39, 0.29) is 0 Å². The molecule has 0 unspecified atom stereocenters. The van der Waals surface area contributed by atoms with Gasteiger partial charge >= 0.3 is 0 Å². The van der Waals surface area contributed by atoms with Crippen molar-refractivity contribution in [3.8, 4) is 5.69 Å². The third-order valence-electron chi connectivity index (χ3n) is 3.20. The van der Waals surface area contributed by atoms with E-state index >= 15 is 0 Å². The zero-order chi connectivity index (χ0) is 13.4. The number of alkyl halides is 1. The van der Waals surface area contributed by atoms with Crippen LogP contribution < -0.4 is 0 Å². The Hall–Kier alpha value is -1.81. The van der Waals surface area contributed by atoms with Crippen LogP contribution >= 0.6 is 11.6 Å². The van der Waals surface area contributed by atoms with Crippen LogP contribution in [-0.2, 0) is 13.5 Å². The molecule has 0 aliphatic rings. The number of halogens is 1. The molecule has 0 atom stereocenters. The van der Waals surface area contributed by atoms with Gasteiger partial charge in [0.2, 0.25) is 0 Å². The highest BCUT2D eigenvalue weighted by atomic mass is 35.5. The monoisotopic (exact) mass is 274 g/mol. The molecule has 5 heteroatoms. The molecule has 0 N–H and O–H groups in total. The zero-order valence-electron chi connectivity index (χ0n) is 11.0. The fraction of sp³-hybridized carbons (Fsp3) is 0.286. The minimum absolute atomic E-state index is 0.558. The normalized spacial score (nSPS) is 11.3. The summed E-state index contributed by atoms with van der Waals surface area (Å²) in [6.45, 7) is 1.98. The van der Waals surface area contributed by atoms with E-state index in [9.17, 15) is 0 Å². The fourth-order valence-corrected chi connectivity index (χ4v) is 2.59. The molecule has 2 aromatic heterocycles. The van der Waals surface area contributed by atoms with Gasteiger partial charge in [-0.25, -0.2) is 9.67 Å². The topological polar surface area (TPSA) is 35.6 Å². The lowest BCUT2D eigenvalue weighted by atomic mass is 10.3. The molecule has 4 nitrogen and oxygen atoms in total. The van der Waals surface area contributed by atoms with Crippen molar-refractivity contribution in [1.82, 2.24) is 19.3 Å². The first-order valence-corrected chi connectivity index (χ1v) is 6.78. The van der Waals surface area contributed by atoms with Crippen molar-refractivity contribution in [2.24, 2.45) is 7.05 Å². The molecule has 0 aliphatic carbocycles. The molecule has 3 rings (SSSR count). The Balaban J connectivity index is 2.33. The van der Waals surface area contributed by atoms with Crippen LogP contribution in [0.1, 0.15) is 11.5 Å². The molecule has 19 heavy (non-hydrogen) atoms. The summed E-state index contributed by atoms with van der Waals surface area (Å²) in [5, 5.41) is 4.44. The fourth-order valence-electron chi connectivity index (χ4n) is 2.42. The van der Waals surface area contributed by atoms with Crippen LogP contribution in [0.3, 0.4) is 0 Å². The standard InChI is InChI=1S/C14H15ClN4/c1-10-13-14(18(2)17-10)19(12(16-13)8-9-15)11-6-4-3-5-7-11/h3-7H,8-9H2,1-2H3. The van der Waals surface area contributed by atoms with E-state index in [1.165, 1.54) is 0 Å². The predicted molar refractivity (Wildman–Crippen MR) is 77.0 cm³/mol. The van der Waals surface area contributed by atoms with E-state index in [0.29, 0.717) is 5.88 Å². The lowest BCUT2D eigenvalue weighted by Crippen LogP contribution is -2.05. The number of para-hydroxylation sites is 1. The van der Waals surface area contributed by atoms with Gasteiger partial charge in [-0.1, -0.05) is 18.2 Å². The van der Waals surface area contributed by atoms with E-state index < -0.39 is 0 Å². The van der Waals surface area contributed by atoms with E-state index in [2.05, 4.69) is 21.8 Å². The van der Waals surface area contributed by atoms with Gasteiger partial charge < -0.3 is 0 Å². The first kappa shape index (κ1) is 12.2. The number of nitrogens with zero attached hydrogens (tertiary/aromatic N) is 4. The van der Waals surface area contributed by atoms with Crippen LogP contribution in [0, 0.1) is 6.92 Å². The van der Waals surface area contributed by atoms with Gasteiger partial charge in [0.25, 0.3) is 0 Å². The van der Waals surface area contributed by atoms with Crippen LogP contribution in [0.5, 0.6) is 0 Å². The van der Waals surface area contributed by atoms with Crippen LogP contribution in [0.25, 0.3) is 16.9 Å². The first-order chi connectivity index (χ1) is 9.22. The molecule has 0 amide bonds. The molecule has 0 fully saturated rings. The molecular weight excluding hydrogens is 260 g/mol. The van der Waals surface area contributed by atoms with Crippen molar-refractivity contribution in [2.75, 3.05) is 5.88 Å². The molecule has 0 aliphatic heterocycles. The van der Waals surface area contributed by atoms with E-state index in [1.807, 2.05) is 36.9 Å². The van der Waals surface area contributed by atoms with Crippen molar-refractivity contribution >= 4 is 22.8 Å². The largest absolute Gasteiger partial charge is 0.281 e. The van der Waals surface area contributed by atoms with Crippen LogP contribution in [-0.4, -0.2) is 25.2 Å². The lowest BCUT2D eigenvalue weighted by molar-refractivity contribution is 0.751. The molecule has 0 saturated heterocycles. The quantitative estimate of drug-likeness (QED) is 0.689. The minimum Gasteiger partial charge on any atom is -0.281 e. The van der Waals surface area contributed by atoms with Gasteiger partial charge in [-0.05, 0) is 19.1 Å².